The highest BCUT2D eigenvalue weighted by molar-refractivity contribution is 7.98. The minimum atomic E-state index is 0.507. The molecule has 140 valence electrons. The van der Waals surface area contributed by atoms with Crippen LogP contribution in [0.2, 0.25) is 0 Å². The molecule has 5 nitrogen and oxygen atoms in total. The minimum Gasteiger partial charge on any atom is -0.493 e. The van der Waals surface area contributed by atoms with Gasteiger partial charge in [0.05, 0.1) is 12.8 Å². The standard InChI is InChI=1S/C21H24N4OS/c1-16(2)15-26-19-11-9-18(10-12-19)14-22-25-20(23-24-21(25)27-3)13-17-7-5-4-6-8-17/h4-12,14,16H,13,15H2,1-3H3/b22-14-. The van der Waals surface area contributed by atoms with E-state index in [1.54, 1.807) is 4.68 Å². The Kier molecular flexibility index (Phi) is 6.65. The minimum absolute atomic E-state index is 0.507. The van der Waals surface area contributed by atoms with Crippen LogP contribution in [0.1, 0.15) is 30.8 Å². The largest absolute Gasteiger partial charge is 0.493 e. The number of benzene rings is 2. The maximum Gasteiger partial charge on any atom is 0.211 e. The maximum atomic E-state index is 5.72. The van der Waals surface area contributed by atoms with E-state index in [1.165, 1.54) is 17.3 Å². The number of nitrogens with zero attached hydrogens (tertiary/aromatic N) is 4. The van der Waals surface area contributed by atoms with Crippen molar-refractivity contribution < 1.29 is 4.74 Å². The molecule has 0 atom stereocenters. The van der Waals surface area contributed by atoms with Gasteiger partial charge in [0.15, 0.2) is 5.82 Å². The molecule has 6 heteroatoms. The molecule has 0 saturated heterocycles. The van der Waals surface area contributed by atoms with Gasteiger partial charge in [0.2, 0.25) is 5.16 Å². The van der Waals surface area contributed by atoms with Gasteiger partial charge in [0.1, 0.15) is 5.75 Å². The SMILES string of the molecule is CSc1nnc(Cc2ccccc2)n1/N=C\c1ccc(OCC(C)C)cc1. The van der Waals surface area contributed by atoms with Gasteiger partial charge in [0, 0.05) is 6.42 Å². The van der Waals surface area contributed by atoms with Gasteiger partial charge < -0.3 is 4.74 Å². The maximum absolute atomic E-state index is 5.72. The van der Waals surface area contributed by atoms with Crippen molar-refractivity contribution in [2.75, 3.05) is 12.9 Å². The highest BCUT2D eigenvalue weighted by Crippen LogP contribution is 2.17. The number of aromatic nitrogens is 3. The Morgan fingerprint density at radius 2 is 1.81 bits per heavy atom. The zero-order valence-corrected chi connectivity index (χ0v) is 16.7. The van der Waals surface area contributed by atoms with Crippen LogP contribution in [-0.4, -0.2) is 34.0 Å². The molecular formula is C21H24N4OS. The van der Waals surface area contributed by atoms with E-state index < -0.39 is 0 Å². The monoisotopic (exact) mass is 380 g/mol. The van der Waals surface area contributed by atoms with Crippen molar-refractivity contribution >= 4 is 18.0 Å². The summed E-state index contributed by atoms with van der Waals surface area (Å²) in [4.78, 5) is 0. The molecule has 0 bridgehead atoms. The first kappa shape index (κ1) is 19.2. The van der Waals surface area contributed by atoms with Crippen LogP contribution < -0.4 is 4.74 Å². The number of hydrogen-bond donors (Lipinski definition) is 0. The molecule has 0 radical (unpaired) electrons. The van der Waals surface area contributed by atoms with Gasteiger partial charge in [-0.3, -0.25) is 0 Å². The fourth-order valence-corrected chi connectivity index (χ4v) is 2.91. The predicted molar refractivity (Wildman–Crippen MR) is 111 cm³/mol. The number of hydrogen-bond acceptors (Lipinski definition) is 5. The second-order valence-corrected chi connectivity index (χ2v) is 7.37. The predicted octanol–water partition coefficient (Wildman–Crippen LogP) is 4.51. The van der Waals surface area contributed by atoms with E-state index in [1.807, 2.05) is 54.9 Å². The molecule has 0 N–H and O–H groups in total. The van der Waals surface area contributed by atoms with Gasteiger partial charge in [-0.15, -0.1) is 10.2 Å². The van der Waals surface area contributed by atoms with E-state index in [-0.39, 0.29) is 0 Å². The Morgan fingerprint density at radius 3 is 2.48 bits per heavy atom. The zero-order chi connectivity index (χ0) is 19.1. The fourth-order valence-electron chi connectivity index (χ4n) is 2.47. The third kappa shape index (κ3) is 5.44. The smallest absolute Gasteiger partial charge is 0.211 e. The summed E-state index contributed by atoms with van der Waals surface area (Å²) in [5.41, 5.74) is 2.18. The Labute approximate surface area is 164 Å². The first-order chi connectivity index (χ1) is 13.2. The van der Waals surface area contributed by atoms with E-state index in [0.29, 0.717) is 18.9 Å². The molecule has 2 aromatic carbocycles. The van der Waals surface area contributed by atoms with Crippen molar-refractivity contribution in [2.45, 2.75) is 25.4 Å². The van der Waals surface area contributed by atoms with Crippen molar-refractivity contribution in [3.8, 4) is 5.75 Å². The quantitative estimate of drug-likeness (QED) is 0.426. The molecule has 0 aliphatic carbocycles. The molecule has 1 heterocycles. The number of rotatable bonds is 8. The average molecular weight is 381 g/mol. The molecule has 0 amide bonds. The van der Waals surface area contributed by atoms with Crippen molar-refractivity contribution in [3.63, 3.8) is 0 Å². The van der Waals surface area contributed by atoms with Gasteiger partial charge in [-0.25, -0.2) is 0 Å². The Balaban J connectivity index is 1.75. The number of thioether (sulfide) groups is 1. The van der Waals surface area contributed by atoms with Gasteiger partial charge in [-0.2, -0.15) is 9.78 Å². The molecule has 0 saturated carbocycles. The summed E-state index contributed by atoms with van der Waals surface area (Å²) >= 11 is 1.53. The van der Waals surface area contributed by atoms with Crippen molar-refractivity contribution in [1.29, 1.82) is 0 Å². The fraction of sp³-hybridized carbons (Fsp3) is 0.286. The van der Waals surface area contributed by atoms with Crippen molar-refractivity contribution in [3.05, 3.63) is 71.5 Å². The summed E-state index contributed by atoms with van der Waals surface area (Å²) in [7, 11) is 0. The average Bonchev–Trinajstić information content (AvgIpc) is 3.08. The molecule has 3 rings (SSSR count). The lowest BCUT2D eigenvalue weighted by Crippen LogP contribution is -2.04. The van der Waals surface area contributed by atoms with Crippen LogP contribution in [0.15, 0.2) is 64.9 Å². The Bertz CT molecular complexity index is 873. The van der Waals surface area contributed by atoms with E-state index in [0.717, 1.165) is 22.3 Å². The second kappa shape index (κ2) is 9.37. The van der Waals surface area contributed by atoms with Crippen LogP contribution in [0.4, 0.5) is 0 Å². The van der Waals surface area contributed by atoms with Gasteiger partial charge >= 0.3 is 0 Å². The number of ether oxygens (including phenoxy) is 1. The third-order valence-electron chi connectivity index (χ3n) is 3.85. The van der Waals surface area contributed by atoms with E-state index >= 15 is 0 Å². The third-order valence-corrected chi connectivity index (χ3v) is 4.47. The summed E-state index contributed by atoms with van der Waals surface area (Å²) < 4.78 is 7.53. The van der Waals surface area contributed by atoms with Crippen LogP contribution in [-0.2, 0) is 6.42 Å². The topological polar surface area (TPSA) is 52.3 Å². The van der Waals surface area contributed by atoms with Crippen LogP contribution in [0.25, 0.3) is 0 Å². The first-order valence-corrected chi connectivity index (χ1v) is 10.2. The van der Waals surface area contributed by atoms with E-state index in [2.05, 4.69) is 41.3 Å². The molecule has 0 spiro atoms. The summed E-state index contributed by atoms with van der Waals surface area (Å²) in [5, 5.41) is 13.9. The van der Waals surface area contributed by atoms with Gasteiger partial charge in [-0.05, 0) is 47.6 Å². The van der Waals surface area contributed by atoms with Crippen molar-refractivity contribution in [1.82, 2.24) is 14.9 Å². The normalized spacial score (nSPS) is 11.4. The second-order valence-electron chi connectivity index (χ2n) is 6.60. The van der Waals surface area contributed by atoms with Crippen LogP contribution in [0, 0.1) is 5.92 Å². The molecule has 0 aliphatic rings. The molecule has 0 fully saturated rings. The molecule has 0 unspecified atom stereocenters. The summed E-state index contributed by atoms with van der Waals surface area (Å²) in [6, 6.07) is 18.2. The molecule has 0 aliphatic heterocycles. The molecular weight excluding hydrogens is 356 g/mol. The first-order valence-electron chi connectivity index (χ1n) is 8.95. The molecule has 3 aromatic rings. The summed E-state index contributed by atoms with van der Waals surface area (Å²) in [6.07, 6.45) is 4.49. The highest BCUT2D eigenvalue weighted by Gasteiger charge is 2.11. The van der Waals surface area contributed by atoms with Gasteiger partial charge in [-0.1, -0.05) is 55.9 Å². The lowest BCUT2D eigenvalue weighted by Gasteiger charge is -2.08. The molecule has 27 heavy (non-hydrogen) atoms. The lowest BCUT2D eigenvalue weighted by atomic mass is 10.1. The highest BCUT2D eigenvalue weighted by atomic mass is 32.2. The van der Waals surface area contributed by atoms with E-state index in [4.69, 9.17) is 4.74 Å². The van der Waals surface area contributed by atoms with E-state index in [9.17, 15) is 0 Å². The zero-order valence-electron chi connectivity index (χ0n) is 15.9. The van der Waals surface area contributed by atoms with Crippen LogP contribution in [0.3, 0.4) is 0 Å². The van der Waals surface area contributed by atoms with Crippen molar-refractivity contribution in [2.24, 2.45) is 11.0 Å². The van der Waals surface area contributed by atoms with Crippen LogP contribution in [0.5, 0.6) is 5.75 Å². The Morgan fingerprint density at radius 1 is 1.07 bits per heavy atom. The van der Waals surface area contributed by atoms with Gasteiger partial charge in [0.25, 0.3) is 0 Å². The Hall–Kier alpha value is -2.60. The summed E-state index contributed by atoms with van der Waals surface area (Å²) in [6.45, 7) is 4.99. The molecule has 1 aromatic heterocycles. The van der Waals surface area contributed by atoms with Crippen LogP contribution >= 0.6 is 11.8 Å². The summed E-state index contributed by atoms with van der Waals surface area (Å²) in [5.74, 6) is 2.20. The lowest BCUT2D eigenvalue weighted by molar-refractivity contribution is 0.271.